The zero-order valence-corrected chi connectivity index (χ0v) is 7.98. The third-order valence-electron chi connectivity index (χ3n) is 2.67. The van der Waals surface area contributed by atoms with E-state index in [-0.39, 0.29) is 11.6 Å². The molecule has 2 N–H and O–H groups in total. The summed E-state index contributed by atoms with van der Waals surface area (Å²) in [5.74, 6) is -2.30. The molecule has 1 aromatic heterocycles. The van der Waals surface area contributed by atoms with Crippen LogP contribution in [-0.4, -0.2) is 29.1 Å². The Morgan fingerprint density at radius 1 is 1.60 bits per heavy atom. The Bertz CT molecular complexity index is 383. The molecule has 1 saturated heterocycles. The number of aromatic nitrogens is 1. The molecule has 1 aliphatic heterocycles. The number of nitrogens with one attached hydrogen (secondary N) is 1. The molecule has 0 aromatic carbocycles. The van der Waals surface area contributed by atoms with Gasteiger partial charge in [-0.3, -0.25) is 9.78 Å². The molecule has 1 aliphatic rings. The maximum Gasteiger partial charge on any atom is 0.308 e. The van der Waals surface area contributed by atoms with E-state index >= 15 is 0 Å². The fraction of sp³-hybridized carbons (Fsp3) is 0.400. The average Bonchev–Trinajstić information content (AvgIpc) is 2.67. The molecular formula is C10H11FN2O2. The number of carbonyl (C=O) groups is 1. The van der Waals surface area contributed by atoms with Gasteiger partial charge in [-0.05, 0) is 12.1 Å². The standard InChI is InChI=1S/C10H11FN2O2/c11-8-2-1-3-13-9(8)6-4-12-5-7(6)10(14)15/h1-3,6-7,12H,4-5H2,(H,14,15). The second-order valence-electron chi connectivity index (χ2n) is 3.58. The second-order valence-corrected chi connectivity index (χ2v) is 3.58. The molecule has 0 saturated carbocycles. The lowest BCUT2D eigenvalue weighted by atomic mass is 9.92. The highest BCUT2D eigenvalue weighted by molar-refractivity contribution is 5.72. The minimum Gasteiger partial charge on any atom is -0.481 e. The van der Waals surface area contributed by atoms with Crippen molar-refractivity contribution in [3.05, 3.63) is 29.8 Å². The van der Waals surface area contributed by atoms with E-state index < -0.39 is 17.7 Å². The van der Waals surface area contributed by atoms with Crippen LogP contribution in [0.1, 0.15) is 11.6 Å². The minimum atomic E-state index is -0.907. The number of carboxylic acids is 1. The summed E-state index contributed by atoms with van der Waals surface area (Å²) >= 11 is 0. The first-order chi connectivity index (χ1) is 7.20. The first-order valence-electron chi connectivity index (χ1n) is 4.74. The molecule has 0 aliphatic carbocycles. The molecule has 2 heterocycles. The lowest BCUT2D eigenvalue weighted by Gasteiger charge is -2.14. The second kappa shape index (κ2) is 3.94. The van der Waals surface area contributed by atoms with Crippen LogP contribution in [0.25, 0.3) is 0 Å². The fourth-order valence-electron chi connectivity index (χ4n) is 1.90. The average molecular weight is 210 g/mol. The quantitative estimate of drug-likeness (QED) is 0.750. The maximum atomic E-state index is 13.4. The molecule has 0 amide bonds. The lowest BCUT2D eigenvalue weighted by Crippen LogP contribution is -2.22. The highest BCUT2D eigenvalue weighted by Crippen LogP contribution is 2.28. The SMILES string of the molecule is O=C(O)C1CNCC1c1ncccc1F. The van der Waals surface area contributed by atoms with Crippen molar-refractivity contribution in [1.29, 1.82) is 0 Å². The van der Waals surface area contributed by atoms with E-state index in [1.807, 2.05) is 0 Å². The zero-order valence-electron chi connectivity index (χ0n) is 7.98. The van der Waals surface area contributed by atoms with E-state index in [9.17, 15) is 9.18 Å². The van der Waals surface area contributed by atoms with Gasteiger partial charge in [-0.2, -0.15) is 0 Å². The van der Waals surface area contributed by atoms with Gasteiger partial charge in [0.05, 0.1) is 11.6 Å². The summed E-state index contributed by atoms with van der Waals surface area (Å²) in [6.45, 7) is 0.834. The highest BCUT2D eigenvalue weighted by Gasteiger charge is 2.36. The van der Waals surface area contributed by atoms with Crippen LogP contribution in [0.2, 0.25) is 0 Å². The Kier molecular flexibility index (Phi) is 2.64. The largest absolute Gasteiger partial charge is 0.481 e. The summed E-state index contributed by atoms with van der Waals surface area (Å²) in [6.07, 6.45) is 1.48. The van der Waals surface area contributed by atoms with Gasteiger partial charge in [-0.25, -0.2) is 4.39 Å². The first kappa shape index (κ1) is 10.0. The van der Waals surface area contributed by atoms with Gasteiger partial charge < -0.3 is 10.4 Å². The molecule has 2 rings (SSSR count). The summed E-state index contributed by atoms with van der Waals surface area (Å²) in [4.78, 5) is 14.8. The van der Waals surface area contributed by atoms with Crippen LogP contribution < -0.4 is 5.32 Å². The maximum absolute atomic E-state index is 13.4. The Morgan fingerprint density at radius 2 is 2.40 bits per heavy atom. The van der Waals surface area contributed by atoms with Gasteiger partial charge in [0.15, 0.2) is 0 Å². The van der Waals surface area contributed by atoms with E-state index in [0.717, 1.165) is 0 Å². The molecule has 0 bridgehead atoms. The van der Waals surface area contributed by atoms with Gasteiger partial charge in [-0.15, -0.1) is 0 Å². The summed E-state index contributed by atoms with van der Waals surface area (Å²) in [5.41, 5.74) is 0.245. The smallest absolute Gasteiger partial charge is 0.308 e. The molecule has 1 aromatic rings. The number of pyridine rings is 1. The number of carboxylic acid groups (broad SMARTS) is 1. The molecule has 2 atom stereocenters. The molecule has 15 heavy (non-hydrogen) atoms. The van der Waals surface area contributed by atoms with Gasteiger partial charge in [-0.1, -0.05) is 0 Å². The van der Waals surface area contributed by atoms with Crippen LogP contribution in [0, 0.1) is 11.7 Å². The van der Waals surface area contributed by atoms with Crippen LogP contribution in [0.5, 0.6) is 0 Å². The third kappa shape index (κ3) is 1.83. The Hall–Kier alpha value is -1.49. The predicted molar refractivity (Wildman–Crippen MR) is 50.9 cm³/mol. The van der Waals surface area contributed by atoms with Crippen LogP contribution in [0.15, 0.2) is 18.3 Å². The summed E-state index contributed by atoms with van der Waals surface area (Å²) in [6, 6.07) is 2.80. The number of rotatable bonds is 2. The van der Waals surface area contributed by atoms with Gasteiger partial charge in [0.2, 0.25) is 0 Å². The third-order valence-corrected chi connectivity index (χ3v) is 2.67. The number of hydrogen-bond acceptors (Lipinski definition) is 3. The molecule has 4 nitrogen and oxygen atoms in total. The van der Waals surface area contributed by atoms with E-state index in [0.29, 0.717) is 13.1 Å². The summed E-state index contributed by atoms with van der Waals surface area (Å²) < 4.78 is 13.4. The summed E-state index contributed by atoms with van der Waals surface area (Å²) in [5, 5.41) is 11.9. The van der Waals surface area contributed by atoms with Crippen LogP contribution in [0.4, 0.5) is 4.39 Å². The van der Waals surface area contributed by atoms with Crippen LogP contribution in [-0.2, 0) is 4.79 Å². The molecule has 5 heteroatoms. The Balaban J connectivity index is 2.30. The number of nitrogens with zero attached hydrogens (tertiary/aromatic N) is 1. The fourth-order valence-corrected chi connectivity index (χ4v) is 1.90. The van der Waals surface area contributed by atoms with E-state index in [1.165, 1.54) is 18.3 Å². The van der Waals surface area contributed by atoms with Gasteiger partial charge in [0, 0.05) is 25.2 Å². The Labute approximate surface area is 86.1 Å². The van der Waals surface area contributed by atoms with Crippen molar-refractivity contribution in [3.8, 4) is 0 Å². The van der Waals surface area contributed by atoms with Crippen LogP contribution >= 0.6 is 0 Å². The summed E-state index contributed by atoms with van der Waals surface area (Å²) in [7, 11) is 0. The normalized spacial score (nSPS) is 25.4. The molecule has 80 valence electrons. The van der Waals surface area contributed by atoms with Gasteiger partial charge >= 0.3 is 5.97 Å². The van der Waals surface area contributed by atoms with Crippen molar-refractivity contribution in [3.63, 3.8) is 0 Å². The molecule has 0 radical (unpaired) electrons. The molecular weight excluding hydrogens is 199 g/mol. The monoisotopic (exact) mass is 210 g/mol. The van der Waals surface area contributed by atoms with E-state index in [1.54, 1.807) is 0 Å². The van der Waals surface area contributed by atoms with Gasteiger partial charge in [0.1, 0.15) is 5.82 Å². The lowest BCUT2D eigenvalue weighted by molar-refractivity contribution is -0.141. The highest BCUT2D eigenvalue weighted by atomic mass is 19.1. The van der Waals surface area contributed by atoms with Gasteiger partial charge in [0.25, 0.3) is 0 Å². The molecule has 2 unspecified atom stereocenters. The number of aliphatic carboxylic acids is 1. The van der Waals surface area contributed by atoms with Crippen molar-refractivity contribution in [1.82, 2.24) is 10.3 Å². The van der Waals surface area contributed by atoms with Crippen molar-refractivity contribution in [2.75, 3.05) is 13.1 Å². The van der Waals surface area contributed by atoms with Crippen molar-refractivity contribution in [2.24, 2.45) is 5.92 Å². The zero-order chi connectivity index (χ0) is 10.8. The van der Waals surface area contributed by atoms with Crippen molar-refractivity contribution < 1.29 is 14.3 Å². The van der Waals surface area contributed by atoms with Crippen molar-refractivity contribution >= 4 is 5.97 Å². The van der Waals surface area contributed by atoms with E-state index in [4.69, 9.17) is 5.11 Å². The van der Waals surface area contributed by atoms with E-state index in [2.05, 4.69) is 10.3 Å². The topological polar surface area (TPSA) is 62.2 Å². The molecule has 0 spiro atoms. The van der Waals surface area contributed by atoms with Crippen molar-refractivity contribution in [2.45, 2.75) is 5.92 Å². The molecule has 1 fully saturated rings. The van der Waals surface area contributed by atoms with Crippen LogP contribution in [0.3, 0.4) is 0 Å². The minimum absolute atomic E-state index is 0.245. The predicted octanol–water partition coefficient (Wildman–Crippen LogP) is 0.608. The number of halogens is 1. The Morgan fingerprint density at radius 3 is 3.07 bits per heavy atom. The first-order valence-corrected chi connectivity index (χ1v) is 4.74. The number of hydrogen-bond donors (Lipinski definition) is 2.